The number of ether oxygens (including phenoxy) is 2. The zero-order chi connectivity index (χ0) is 21.5. The number of hydrogen-bond acceptors (Lipinski definition) is 6. The van der Waals surface area contributed by atoms with Crippen molar-refractivity contribution < 1.29 is 23.5 Å². The number of methoxy groups -OCH3 is 1. The Morgan fingerprint density at radius 3 is 2.70 bits per heavy atom. The monoisotopic (exact) mass is 451 g/mol. The molecule has 1 heterocycles. The molecule has 0 bridgehead atoms. The fourth-order valence-electron chi connectivity index (χ4n) is 3.15. The summed E-state index contributed by atoms with van der Waals surface area (Å²) in [7, 11) is 1.35. The molecule has 0 aliphatic heterocycles. The number of esters is 1. The van der Waals surface area contributed by atoms with E-state index < -0.39 is 24.3 Å². The lowest BCUT2D eigenvalue weighted by Crippen LogP contribution is -2.45. The molecule has 30 heavy (non-hydrogen) atoms. The molecule has 1 amide bonds. The van der Waals surface area contributed by atoms with Crippen LogP contribution in [-0.4, -0.2) is 30.7 Å². The molecule has 0 fully saturated rings. The normalized spacial score (nSPS) is 12.9. The van der Waals surface area contributed by atoms with Gasteiger partial charge in [-0.15, -0.1) is 11.3 Å². The van der Waals surface area contributed by atoms with E-state index in [1.807, 2.05) is 0 Å². The second kappa shape index (κ2) is 10.4. The molecular weight excluding hydrogens is 429 g/mol. The molecule has 0 radical (unpaired) electrons. The summed E-state index contributed by atoms with van der Waals surface area (Å²) in [6.07, 6.45) is 4.96. The molecule has 10 heteroatoms. The van der Waals surface area contributed by atoms with E-state index in [4.69, 9.17) is 21.7 Å². The van der Waals surface area contributed by atoms with Crippen molar-refractivity contribution in [3.63, 3.8) is 0 Å². The lowest BCUT2D eigenvalue weighted by atomic mass is 10.1. The van der Waals surface area contributed by atoms with Crippen LogP contribution in [0, 0.1) is 5.82 Å². The average Bonchev–Trinajstić information content (AvgIpc) is 2.91. The van der Waals surface area contributed by atoms with E-state index in [9.17, 15) is 14.0 Å². The van der Waals surface area contributed by atoms with E-state index in [1.54, 1.807) is 6.07 Å². The van der Waals surface area contributed by atoms with Gasteiger partial charge in [0.25, 0.3) is 5.91 Å². The van der Waals surface area contributed by atoms with Gasteiger partial charge in [0.15, 0.2) is 23.3 Å². The molecule has 1 aliphatic rings. The lowest BCUT2D eigenvalue weighted by Gasteiger charge is -2.12. The maximum Gasteiger partial charge on any atom is 0.341 e. The maximum absolute atomic E-state index is 13.5. The number of anilines is 1. The first kappa shape index (κ1) is 22.0. The standard InChI is InChI=1S/C20H22FN3O4S2/c1-27-19(26)17-12-7-3-2-4-10-15(12)30-18(17)22-20(29)24-23-16(25)11-28-14-9-6-5-8-13(14)21/h5-6,8-9H,2-4,7,10-11H2,1H3,(H,23,25)(H2,22,24,29). The van der Waals surface area contributed by atoms with E-state index in [-0.39, 0.29) is 10.9 Å². The van der Waals surface area contributed by atoms with Gasteiger partial charge in [-0.05, 0) is 55.6 Å². The molecule has 1 aromatic heterocycles. The zero-order valence-electron chi connectivity index (χ0n) is 16.4. The number of rotatable bonds is 5. The van der Waals surface area contributed by atoms with Crippen LogP contribution in [0.25, 0.3) is 0 Å². The number of carbonyl (C=O) groups is 2. The molecule has 1 aromatic carbocycles. The van der Waals surface area contributed by atoms with Gasteiger partial charge in [-0.1, -0.05) is 18.6 Å². The number of para-hydroxylation sites is 1. The lowest BCUT2D eigenvalue weighted by molar-refractivity contribution is -0.123. The van der Waals surface area contributed by atoms with Gasteiger partial charge in [0, 0.05) is 4.88 Å². The summed E-state index contributed by atoms with van der Waals surface area (Å²) in [6.45, 7) is -0.392. The minimum absolute atomic E-state index is 0.0174. The number of halogens is 1. The van der Waals surface area contributed by atoms with Crippen molar-refractivity contribution in [1.29, 1.82) is 0 Å². The van der Waals surface area contributed by atoms with Crippen LogP contribution in [0.5, 0.6) is 5.75 Å². The largest absolute Gasteiger partial charge is 0.481 e. The quantitative estimate of drug-likeness (QED) is 0.278. The molecule has 160 valence electrons. The summed E-state index contributed by atoms with van der Waals surface area (Å²) in [5, 5.41) is 3.66. The first-order valence-corrected chi connectivity index (χ1v) is 10.7. The van der Waals surface area contributed by atoms with Crippen LogP contribution >= 0.6 is 23.6 Å². The molecule has 0 saturated carbocycles. The third-order valence-corrected chi connectivity index (χ3v) is 5.96. The molecule has 3 N–H and O–H groups in total. The third kappa shape index (κ3) is 5.45. The summed E-state index contributed by atoms with van der Waals surface area (Å²) < 4.78 is 23.6. The minimum Gasteiger partial charge on any atom is -0.481 e. The number of hydrogen-bond donors (Lipinski definition) is 3. The molecule has 0 saturated heterocycles. The number of carbonyl (C=O) groups excluding carboxylic acids is 2. The molecule has 3 rings (SSSR count). The van der Waals surface area contributed by atoms with Crippen molar-refractivity contribution in [2.45, 2.75) is 32.1 Å². The SMILES string of the molecule is COC(=O)c1c(NC(=S)NNC(=O)COc2ccccc2F)sc2c1CCCCC2. The Morgan fingerprint density at radius 2 is 1.93 bits per heavy atom. The number of nitrogens with one attached hydrogen (secondary N) is 3. The first-order valence-electron chi connectivity index (χ1n) is 9.45. The van der Waals surface area contributed by atoms with Gasteiger partial charge in [0.1, 0.15) is 5.00 Å². The number of thiocarbonyl (C=S) groups is 1. The summed E-state index contributed by atoms with van der Waals surface area (Å²) in [6, 6.07) is 5.80. The predicted molar refractivity (Wildman–Crippen MR) is 116 cm³/mol. The Morgan fingerprint density at radius 1 is 1.17 bits per heavy atom. The molecular formula is C20H22FN3O4S2. The number of benzene rings is 1. The number of aryl methyl sites for hydroxylation is 1. The van der Waals surface area contributed by atoms with E-state index in [0.717, 1.165) is 42.5 Å². The highest BCUT2D eigenvalue weighted by atomic mass is 32.1. The Balaban J connectivity index is 1.57. The molecule has 0 atom stereocenters. The Labute approximate surface area is 182 Å². The zero-order valence-corrected chi connectivity index (χ0v) is 18.0. The van der Waals surface area contributed by atoms with Gasteiger partial charge in [0.05, 0.1) is 12.7 Å². The van der Waals surface area contributed by atoms with Crippen molar-refractivity contribution in [2.75, 3.05) is 19.0 Å². The van der Waals surface area contributed by atoms with E-state index in [0.29, 0.717) is 10.6 Å². The van der Waals surface area contributed by atoms with E-state index >= 15 is 0 Å². The number of fused-ring (bicyclic) bond motifs is 1. The van der Waals surface area contributed by atoms with Crippen LogP contribution in [0.3, 0.4) is 0 Å². The van der Waals surface area contributed by atoms with Gasteiger partial charge >= 0.3 is 5.97 Å². The van der Waals surface area contributed by atoms with Crippen LogP contribution in [-0.2, 0) is 22.4 Å². The van der Waals surface area contributed by atoms with E-state index in [1.165, 1.54) is 36.6 Å². The van der Waals surface area contributed by atoms with Gasteiger partial charge in [-0.2, -0.15) is 0 Å². The Bertz CT molecular complexity index is 948. The first-order chi connectivity index (χ1) is 14.5. The van der Waals surface area contributed by atoms with Crippen molar-refractivity contribution in [1.82, 2.24) is 10.9 Å². The molecule has 1 aliphatic carbocycles. The fourth-order valence-corrected chi connectivity index (χ4v) is 4.65. The van der Waals surface area contributed by atoms with Crippen molar-refractivity contribution in [3.05, 3.63) is 46.1 Å². The second-order valence-corrected chi connectivity index (χ2v) is 8.12. The third-order valence-electron chi connectivity index (χ3n) is 4.55. The Hall–Kier alpha value is -2.72. The highest BCUT2D eigenvalue weighted by Gasteiger charge is 2.25. The molecule has 2 aromatic rings. The average molecular weight is 452 g/mol. The number of amides is 1. The van der Waals surface area contributed by atoms with Gasteiger partial charge < -0.3 is 14.8 Å². The van der Waals surface area contributed by atoms with Crippen LogP contribution in [0.1, 0.15) is 40.1 Å². The molecule has 0 spiro atoms. The highest BCUT2D eigenvalue weighted by molar-refractivity contribution is 7.80. The van der Waals surface area contributed by atoms with Crippen molar-refractivity contribution >= 4 is 45.5 Å². The smallest absolute Gasteiger partial charge is 0.341 e. The van der Waals surface area contributed by atoms with Gasteiger partial charge in [-0.25, -0.2) is 9.18 Å². The van der Waals surface area contributed by atoms with Crippen molar-refractivity contribution in [3.8, 4) is 5.75 Å². The van der Waals surface area contributed by atoms with Crippen LogP contribution in [0.2, 0.25) is 0 Å². The summed E-state index contributed by atoms with van der Waals surface area (Å²) >= 11 is 6.69. The van der Waals surface area contributed by atoms with Crippen LogP contribution in [0.15, 0.2) is 24.3 Å². The Kier molecular flexibility index (Phi) is 7.58. The molecule has 7 nitrogen and oxygen atoms in total. The summed E-state index contributed by atoms with van der Waals surface area (Å²) in [4.78, 5) is 25.4. The van der Waals surface area contributed by atoms with Crippen LogP contribution in [0.4, 0.5) is 9.39 Å². The fraction of sp³-hybridized carbons (Fsp3) is 0.350. The minimum atomic E-state index is -0.553. The van der Waals surface area contributed by atoms with Gasteiger partial charge in [0.2, 0.25) is 0 Å². The second-order valence-electron chi connectivity index (χ2n) is 6.61. The predicted octanol–water partition coefficient (Wildman–Crippen LogP) is 3.34. The van der Waals surface area contributed by atoms with Crippen molar-refractivity contribution in [2.24, 2.45) is 0 Å². The topological polar surface area (TPSA) is 88.7 Å². The summed E-state index contributed by atoms with van der Waals surface area (Å²) in [5.74, 6) is -1.53. The van der Waals surface area contributed by atoms with Crippen LogP contribution < -0.4 is 20.9 Å². The van der Waals surface area contributed by atoms with Gasteiger partial charge in [-0.3, -0.25) is 15.6 Å². The number of hydrazine groups is 1. The highest BCUT2D eigenvalue weighted by Crippen LogP contribution is 2.37. The molecule has 0 unspecified atom stereocenters. The van der Waals surface area contributed by atoms with E-state index in [2.05, 4.69) is 16.2 Å². The number of thiophene rings is 1. The maximum atomic E-state index is 13.5. The summed E-state index contributed by atoms with van der Waals surface area (Å²) in [5.41, 5.74) is 6.44.